The number of amides is 1. The summed E-state index contributed by atoms with van der Waals surface area (Å²) in [6, 6.07) is 7.94. The normalized spacial score (nSPS) is 31.3. The third-order valence-electron chi connectivity index (χ3n) is 9.51. The summed E-state index contributed by atoms with van der Waals surface area (Å²) >= 11 is 0. The molecule has 0 aromatic heterocycles. The highest BCUT2D eigenvalue weighted by Gasteiger charge is 2.54. The molecule has 49 heavy (non-hydrogen) atoms. The second-order valence-electron chi connectivity index (χ2n) is 13.9. The van der Waals surface area contributed by atoms with Crippen LogP contribution in [0, 0.1) is 11.8 Å². The molecule has 1 fully saturated rings. The molecule has 2 aliphatic rings. The van der Waals surface area contributed by atoms with Gasteiger partial charge in [-0.3, -0.25) is 14.4 Å². The number of rotatable bonds is 12. The minimum Gasteiger partial charge on any atom is -0.457 e. The van der Waals surface area contributed by atoms with Gasteiger partial charge in [-0.05, 0) is 63.8 Å². The number of benzene rings is 1. The monoisotopic (exact) mass is 685 g/mol. The van der Waals surface area contributed by atoms with Crippen molar-refractivity contribution in [2.75, 3.05) is 7.11 Å². The van der Waals surface area contributed by atoms with Crippen LogP contribution >= 0.6 is 0 Å². The Hall–Kier alpha value is -3.35. The number of carbonyl (C=O) groups is 3. The number of epoxide rings is 1. The van der Waals surface area contributed by atoms with Crippen molar-refractivity contribution in [2.24, 2.45) is 11.8 Å². The molecule has 11 nitrogen and oxygen atoms in total. The van der Waals surface area contributed by atoms with Crippen molar-refractivity contribution in [1.29, 1.82) is 0 Å². The van der Waals surface area contributed by atoms with Gasteiger partial charge in [0.05, 0.1) is 30.8 Å². The second kappa shape index (κ2) is 17.5. The number of ether oxygens (including phenoxy) is 4. The van der Waals surface area contributed by atoms with Gasteiger partial charge >= 0.3 is 11.9 Å². The van der Waals surface area contributed by atoms with Crippen molar-refractivity contribution in [2.45, 2.75) is 128 Å². The van der Waals surface area contributed by atoms with E-state index < -0.39 is 59.5 Å². The molecule has 272 valence electrons. The van der Waals surface area contributed by atoms with E-state index in [0.717, 1.165) is 6.42 Å². The lowest BCUT2D eigenvalue weighted by molar-refractivity contribution is -0.157. The van der Waals surface area contributed by atoms with Crippen LogP contribution in [0.15, 0.2) is 66.3 Å². The maximum absolute atomic E-state index is 13.3. The number of hydrogen-bond donors (Lipinski definition) is 4. The maximum atomic E-state index is 13.3. The molecule has 1 aromatic rings. The Balaban J connectivity index is 1.89. The molecular weight excluding hydrogens is 630 g/mol. The fraction of sp³-hybridized carbons (Fsp3) is 0.605. The van der Waals surface area contributed by atoms with E-state index in [1.165, 1.54) is 13.8 Å². The van der Waals surface area contributed by atoms with Crippen molar-refractivity contribution in [3.63, 3.8) is 0 Å². The van der Waals surface area contributed by atoms with E-state index >= 15 is 0 Å². The Morgan fingerprint density at radius 3 is 2.47 bits per heavy atom. The van der Waals surface area contributed by atoms with Crippen LogP contribution in [0.3, 0.4) is 0 Å². The first-order chi connectivity index (χ1) is 23.0. The number of allylic oxidation sites excluding steroid dienone is 2. The van der Waals surface area contributed by atoms with Gasteiger partial charge < -0.3 is 39.6 Å². The Labute approximate surface area is 290 Å². The molecule has 2 aliphatic heterocycles. The van der Waals surface area contributed by atoms with Crippen LogP contribution < -0.4 is 5.32 Å². The lowest BCUT2D eigenvalue weighted by atomic mass is 9.87. The fourth-order valence-electron chi connectivity index (χ4n) is 6.39. The predicted octanol–water partition coefficient (Wildman–Crippen LogP) is 4.20. The van der Waals surface area contributed by atoms with Gasteiger partial charge in [0, 0.05) is 31.4 Å². The van der Waals surface area contributed by atoms with Crippen LogP contribution in [-0.4, -0.2) is 94.1 Å². The molecule has 1 amide bonds. The van der Waals surface area contributed by atoms with E-state index in [4.69, 9.17) is 18.9 Å². The molecule has 0 spiro atoms. The molecule has 11 atom stereocenters. The molecular formula is C38H55NO10. The molecule has 4 N–H and O–H groups in total. The van der Waals surface area contributed by atoms with Gasteiger partial charge in [0.1, 0.15) is 29.5 Å². The first-order valence-electron chi connectivity index (χ1n) is 17.1. The summed E-state index contributed by atoms with van der Waals surface area (Å²) < 4.78 is 22.9. The van der Waals surface area contributed by atoms with Crippen LogP contribution in [0.2, 0.25) is 0 Å². The second-order valence-corrected chi connectivity index (χ2v) is 13.9. The van der Waals surface area contributed by atoms with E-state index in [1.807, 2.05) is 26.8 Å². The zero-order valence-electron chi connectivity index (χ0n) is 30.0. The zero-order chi connectivity index (χ0) is 36.5. The number of nitrogens with one attached hydrogen (secondary N) is 1. The molecule has 3 rings (SSSR count). The van der Waals surface area contributed by atoms with Crippen molar-refractivity contribution >= 4 is 17.8 Å². The topological polar surface area (TPSA) is 164 Å². The van der Waals surface area contributed by atoms with Crippen LogP contribution in [-0.2, 0) is 28.5 Å². The minimum atomic E-state index is -1.56. The number of aliphatic hydroxyl groups excluding tert-OH is 1. The first-order valence-corrected chi connectivity index (χ1v) is 17.1. The van der Waals surface area contributed by atoms with E-state index in [0.29, 0.717) is 11.1 Å². The van der Waals surface area contributed by atoms with Gasteiger partial charge in [0.2, 0.25) is 0 Å². The summed E-state index contributed by atoms with van der Waals surface area (Å²) in [4.78, 5) is 37.9. The van der Waals surface area contributed by atoms with Crippen LogP contribution in [0.25, 0.3) is 0 Å². The van der Waals surface area contributed by atoms with E-state index in [-0.39, 0.29) is 43.3 Å². The lowest BCUT2D eigenvalue weighted by Gasteiger charge is -2.32. The summed E-state index contributed by atoms with van der Waals surface area (Å²) in [6.45, 7) is 12.0. The van der Waals surface area contributed by atoms with Gasteiger partial charge in [0.15, 0.2) is 0 Å². The first kappa shape index (κ1) is 40.1. The van der Waals surface area contributed by atoms with E-state index in [2.05, 4.69) is 5.32 Å². The number of methoxy groups -OCH3 is 1. The third-order valence-corrected chi connectivity index (χ3v) is 9.51. The molecule has 5 unspecified atom stereocenters. The number of cyclic esters (lactones) is 1. The lowest BCUT2D eigenvalue weighted by Crippen LogP contribution is -2.54. The largest absolute Gasteiger partial charge is 0.457 e. The SMILES string of the molecule is CC[C@H](OC)[C@@H](C)C1O[C@@H]1C(NC(=O)c1ccccc1)C(C)(O)C=CC=C(C)C1OC(=O)C[C@H](O)CCC(C)(O)[C@@H](OC(C)=O)C=C[C@@H]1C. The molecule has 1 saturated heterocycles. The van der Waals surface area contributed by atoms with Gasteiger partial charge in [-0.2, -0.15) is 0 Å². The average molecular weight is 686 g/mol. The molecule has 0 bridgehead atoms. The summed E-state index contributed by atoms with van der Waals surface area (Å²) in [5.74, 6) is -1.92. The molecule has 1 aromatic carbocycles. The van der Waals surface area contributed by atoms with Gasteiger partial charge in [0.25, 0.3) is 5.91 Å². The Bertz CT molecular complexity index is 1350. The average Bonchev–Trinajstić information content (AvgIpc) is 3.83. The maximum Gasteiger partial charge on any atom is 0.309 e. The summed E-state index contributed by atoms with van der Waals surface area (Å²) in [7, 11) is 1.66. The Morgan fingerprint density at radius 1 is 1.18 bits per heavy atom. The van der Waals surface area contributed by atoms with Gasteiger partial charge in [-0.1, -0.05) is 63.3 Å². The number of carbonyl (C=O) groups excluding carboxylic acids is 3. The van der Waals surface area contributed by atoms with Gasteiger partial charge in [-0.25, -0.2) is 0 Å². The highest BCUT2D eigenvalue weighted by molar-refractivity contribution is 5.94. The Morgan fingerprint density at radius 2 is 1.86 bits per heavy atom. The standard InChI is InChI=1S/C38H55NO10/c1-9-29(46-8)25(4)33-34(49-33)35(39-36(43)27-15-11-10-12-16-27)38(7,45)20-13-14-23(2)32-24(3)17-18-30(47-26(5)40)37(6,44)21-19-28(41)22-31(42)48-32/h10-18,20,24-25,28-30,32-35,41,44-45H,9,19,21-22H2,1-8H3,(H,39,43)/t24-,25+,28+,29-,30-,32?,33?,34-,35?,37?,38?/m0/s1. The molecule has 0 radical (unpaired) electrons. The predicted molar refractivity (Wildman–Crippen MR) is 184 cm³/mol. The molecule has 11 heteroatoms. The molecule has 2 heterocycles. The molecule has 0 aliphatic carbocycles. The van der Waals surface area contributed by atoms with Crippen molar-refractivity contribution in [3.05, 3.63) is 71.8 Å². The van der Waals surface area contributed by atoms with Crippen molar-refractivity contribution in [1.82, 2.24) is 5.32 Å². The van der Waals surface area contributed by atoms with Crippen LogP contribution in [0.1, 0.15) is 84.5 Å². The smallest absolute Gasteiger partial charge is 0.309 e. The van der Waals surface area contributed by atoms with Crippen LogP contribution in [0.4, 0.5) is 0 Å². The van der Waals surface area contributed by atoms with E-state index in [9.17, 15) is 29.7 Å². The van der Waals surface area contributed by atoms with Crippen LogP contribution in [0.5, 0.6) is 0 Å². The fourth-order valence-corrected chi connectivity index (χ4v) is 6.39. The summed E-state index contributed by atoms with van der Waals surface area (Å²) in [6.07, 6.45) is 5.34. The summed E-state index contributed by atoms with van der Waals surface area (Å²) in [5.41, 5.74) is -1.96. The molecule has 0 saturated carbocycles. The number of aliphatic hydroxyl groups is 3. The third kappa shape index (κ3) is 11.3. The van der Waals surface area contributed by atoms with E-state index in [1.54, 1.807) is 75.6 Å². The number of hydrogen-bond acceptors (Lipinski definition) is 10. The minimum absolute atomic E-state index is 0.0195. The van der Waals surface area contributed by atoms with Crippen molar-refractivity contribution in [3.8, 4) is 0 Å². The Kier molecular flexibility index (Phi) is 14.3. The zero-order valence-corrected chi connectivity index (χ0v) is 30.0. The summed E-state index contributed by atoms with van der Waals surface area (Å²) in [5, 5.41) is 36.4. The number of esters is 2. The quantitative estimate of drug-likeness (QED) is 0.109. The van der Waals surface area contributed by atoms with Gasteiger partial charge in [-0.15, -0.1) is 0 Å². The van der Waals surface area contributed by atoms with Crippen molar-refractivity contribution < 1.29 is 48.7 Å². The highest BCUT2D eigenvalue weighted by atomic mass is 16.6. The highest BCUT2D eigenvalue weighted by Crippen LogP contribution is 2.39.